The smallest absolute Gasteiger partial charge is 0.237 e. The minimum atomic E-state index is -0.135. The maximum absolute atomic E-state index is 12.4. The largest absolute Gasteiger partial charge is 0.295 e. The first-order valence-corrected chi connectivity index (χ1v) is 7.08. The molecular weight excluding hydrogens is 254 g/mol. The number of nitrogens with zero attached hydrogens (tertiary/aromatic N) is 1. The Balaban J connectivity index is 1.91. The van der Waals surface area contributed by atoms with Crippen LogP contribution in [0.2, 0.25) is 0 Å². The second-order valence-electron chi connectivity index (χ2n) is 5.61. The van der Waals surface area contributed by atoms with Crippen LogP contribution in [-0.4, -0.2) is 17.6 Å². The zero-order valence-corrected chi connectivity index (χ0v) is 11.5. The van der Waals surface area contributed by atoms with E-state index in [1.54, 1.807) is 24.3 Å². The summed E-state index contributed by atoms with van der Waals surface area (Å²) in [6.45, 7) is 1.50. The Hall–Kier alpha value is -1.97. The summed E-state index contributed by atoms with van der Waals surface area (Å²) in [7, 11) is 0. The molecule has 1 aromatic carbocycles. The molecule has 104 valence electrons. The van der Waals surface area contributed by atoms with E-state index in [9.17, 15) is 14.4 Å². The third kappa shape index (κ3) is 1.96. The number of hydrogen-bond acceptors (Lipinski definition) is 3. The fourth-order valence-corrected chi connectivity index (χ4v) is 3.26. The number of rotatable bonds is 2. The molecule has 20 heavy (non-hydrogen) atoms. The number of fused-ring (bicyclic) bond motifs is 1. The van der Waals surface area contributed by atoms with E-state index >= 15 is 0 Å². The topological polar surface area (TPSA) is 54.5 Å². The summed E-state index contributed by atoms with van der Waals surface area (Å²) < 4.78 is 0. The number of imide groups is 1. The molecule has 1 aliphatic heterocycles. The second-order valence-corrected chi connectivity index (χ2v) is 5.61. The van der Waals surface area contributed by atoms with Crippen molar-refractivity contribution in [3.05, 3.63) is 29.8 Å². The highest BCUT2D eigenvalue weighted by atomic mass is 16.2. The Kier molecular flexibility index (Phi) is 3.16. The minimum Gasteiger partial charge on any atom is -0.295 e. The molecule has 4 nitrogen and oxygen atoms in total. The Morgan fingerprint density at radius 1 is 1.00 bits per heavy atom. The van der Waals surface area contributed by atoms with Gasteiger partial charge in [0, 0.05) is 5.56 Å². The fourth-order valence-electron chi connectivity index (χ4n) is 3.26. The van der Waals surface area contributed by atoms with Crippen LogP contribution in [0.4, 0.5) is 5.69 Å². The van der Waals surface area contributed by atoms with E-state index in [2.05, 4.69) is 0 Å². The van der Waals surface area contributed by atoms with Gasteiger partial charge in [0.2, 0.25) is 11.8 Å². The van der Waals surface area contributed by atoms with E-state index in [1.807, 2.05) is 0 Å². The highest BCUT2D eigenvalue weighted by Gasteiger charge is 2.48. The average Bonchev–Trinajstić information content (AvgIpc) is 2.72. The van der Waals surface area contributed by atoms with E-state index < -0.39 is 0 Å². The zero-order valence-electron chi connectivity index (χ0n) is 11.5. The molecule has 1 heterocycles. The Labute approximate surface area is 117 Å². The van der Waals surface area contributed by atoms with Crippen LogP contribution < -0.4 is 4.90 Å². The molecule has 0 aromatic heterocycles. The maximum Gasteiger partial charge on any atom is 0.237 e. The molecule has 1 saturated heterocycles. The molecule has 0 radical (unpaired) electrons. The SMILES string of the molecule is CC(=O)c1ccc(N2C(=O)C3CCCCC3C2=O)cc1. The summed E-state index contributed by atoms with van der Waals surface area (Å²) in [5, 5.41) is 0. The maximum atomic E-state index is 12.4. The lowest BCUT2D eigenvalue weighted by atomic mass is 9.81. The third-order valence-electron chi connectivity index (χ3n) is 4.37. The van der Waals surface area contributed by atoms with Gasteiger partial charge >= 0.3 is 0 Å². The van der Waals surface area contributed by atoms with Crippen LogP contribution in [0.25, 0.3) is 0 Å². The van der Waals surface area contributed by atoms with Crippen molar-refractivity contribution in [1.82, 2.24) is 0 Å². The second kappa shape index (κ2) is 4.85. The lowest BCUT2D eigenvalue weighted by Crippen LogP contribution is -2.30. The van der Waals surface area contributed by atoms with Crippen LogP contribution in [-0.2, 0) is 9.59 Å². The fraction of sp³-hybridized carbons (Fsp3) is 0.438. The van der Waals surface area contributed by atoms with Gasteiger partial charge in [0.15, 0.2) is 5.78 Å². The summed E-state index contributed by atoms with van der Waals surface area (Å²) >= 11 is 0. The highest BCUT2D eigenvalue weighted by Crippen LogP contribution is 2.39. The van der Waals surface area contributed by atoms with Gasteiger partial charge in [0.05, 0.1) is 17.5 Å². The third-order valence-corrected chi connectivity index (χ3v) is 4.37. The molecule has 1 aliphatic carbocycles. The van der Waals surface area contributed by atoms with Gasteiger partial charge in [-0.05, 0) is 44.0 Å². The van der Waals surface area contributed by atoms with Gasteiger partial charge in [-0.1, -0.05) is 12.8 Å². The number of carbonyl (C=O) groups is 3. The molecule has 3 rings (SSSR count). The first-order valence-electron chi connectivity index (χ1n) is 7.08. The van der Waals surface area contributed by atoms with E-state index in [1.165, 1.54) is 11.8 Å². The first kappa shape index (κ1) is 13.0. The molecule has 2 unspecified atom stereocenters. The van der Waals surface area contributed by atoms with Gasteiger partial charge in [0.25, 0.3) is 0 Å². The predicted octanol–water partition coefficient (Wildman–Crippen LogP) is 2.57. The van der Waals surface area contributed by atoms with Crippen molar-refractivity contribution in [2.45, 2.75) is 32.6 Å². The molecule has 1 saturated carbocycles. The molecule has 2 fully saturated rings. The normalized spacial score (nSPS) is 25.8. The Morgan fingerprint density at radius 2 is 1.50 bits per heavy atom. The summed E-state index contributed by atoms with van der Waals surface area (Å²) in [6, 6.07) is 6.70. The lowest BCUT2D eigenvalue weighted by molar-refractivity contribution is -0.122. The molecular formula is C16H17NO3. The summed E-state index contributed by atoms with van der Waals surface area (Å²) in [6.07, 6.45) is 3.68. The Morgan fingerprint density at radius 3 is 1.95 bits per heavy atom. The van der Waals surface area contributed by atoms with Gasteiger partial charge in [-0.25, -0.2) is 0 Å². The van der Waals surface area contributed by atoms with Crippen LogP contribution in [0.1, 0.15) is 43.0 Å². The van der Waals surface area contributed by atoms with Gasteiger partial charge in [-0.15, -0.1) is 0 Å². The molecule has 4 heteroatoms. The monoisotopic (exact) mass is 271 g/mol. The van der Waals surface area contributed by atoms with Crippen molar-refractivity contribution in [2.75, 3.05) is 4.90 Å². The van der Waals surface area contributed by atoms with Crippen molar-refractivity contribution in [2.24, 2.45) is 11.8 Å². The molecule has 2 amide bonds. The molecule has 0 spiro atoms. The van der Waals surface area contributed by atoms with Crippen LogP contribution >= 0.6 is 0 Å². The van der Waals surface area contributed by atoms with Crippen LogP contribution in [0.5, 0.6) is 0 Å². The van der Waals surface area contributed by atoms with E-state index in [4.69, 9.17) is 0 Å². The van der Waals surface area contributed by atoms with Crippen molar-refractivity contribution >= 4 is 23.3 Å². The van der Waals surface area contributed by atoms with E-state index in [-0.39, 0.29) is 29.4 Å². The van der Waals surface area contributed by atoms with Crippen LogP contribution in [0.3, 0.4) is 0 Å². The molecule has 0 bridgehead atoms. The van der Waals surface area contributed by atoms with Gasteiger partial charge in [-0.3, -0.25) is 19.3 Å². The predicted molar refractivity (Wildman–Crippen MR) is 74.4 cm³/mol. The minimum absolute atomic E-state index is 0.0238. The van der Waals surface area contributed by atoms with Gasteiger partial charge < -0.3 is 0 Å². The van der Waals surface area contributed by atoms with Crippen molar-refractivity contribution in [3.63, 3.8) is 0 Å². The molecule has 2 atom stereocenters. The zero-order chi connectivity index (χ0) is 14.3. The van der Waals surface area contributed by atoms with Crippen LogP contribution in [0.15, 0.2) is 24.3 Å². The van der Waals surface area contributed by atoms with Crippen molar-refractivity contribution < 1.29 is 14.4 Å². The van der Waals surface area contributed by atoms with Crippen molar-refractivity contribution in [3.8, 4) is 0 Å². The quantitative estimate of drug-likeness (QED) is 0.613. The van der Waals surface area contributed by atoms with Gasteiger partial charge in [0.1, 0.15) is 0 Å². The number of ketones is 1. The molecule has 1 aromatic rings. The number of carbonyl (C=O) groups excluding carboxylic acids is 3. The number of hydrogen-bond donors (Lipinski definition) is 0. The number of amides is 2. The van der Waals surface area contributed by atoms with E-state index in [0.29, 0.717) is 11.3 Å². The lowest BCUT2D eigenvalue weighted by Gasteiger charge is -2.19. The van der Waals surface area contributed by atoms with E-state index in [0.717, 1.165) is 25.7 Å². The average molecular weight is 271 g/mol. The summed E-state index contributed by atoms with van der Waals surface area (Å²) in [5.41, 5.74) is 1.17. The Bertz CT molecular complexity index is 552. The highest BCUT2D eigenvalue weighted by molar-refractivity contribution is 6.22. The molecule has 2 aliphatic rings. The molecule has 0 N–H and O–H groups in total. The first-order chi connectivity index (χ1) is 9.59. The number of Topliss-reactive ketones (excluding diaryl/α,β-unsaturated/α-hetero) is 1. The summed E-state index contributed by atoms with van der Waals surface area (Å²) in [4.78, 5) is 37.4. The number of anilines is 1. The van der Waals surface area contributed by atoms with Gasteiger partial charge in [-0.2, -0.15) is 0 Å². The standard InChI is InChI=1S/C16H17NO3/c1-10(18)11-6-8-12(9-7-11)17-15(19)13-4-2-3-5-14(13)16(17)20/h6-9,13-14H,2-5H2,1H3. The van der Waals surface area contributed by atoms with Crippen LogP contribution in [0, 0.1) is 11.8 Å². The number of benzene rings is 1. The summed E-state index contributed by atoms with van der Waals surface area (Å²) in [5.74, 6) is -0.442. The van der Waals surface area contributed by atoms with Crippen molar-refractivity contribution in [1.29, 1.82) is 0 Å².